The van der Waals surface area contributed by atoms with Crippen LogP contribution in [0.2, 0.25) is 0 Å². The molecule has 92 valence electrons. The van der Waals surface area contributed by atoms with E-state index in [1.165, 1.54) is 15.6 Å². The van der Waals surface area contributed by atoms with E-state index < -0.39 is 0 Å². The van der Waals surface area contributed by atoms with Crippen molar-refractivity contribution in [1.29, 1.82) is 0 Å². The molecule has 2 aliphatic carbocycles. The van der Waals surface area contributed by atoms with Crippen molar-refractivity contribution in [2.24, 2.45) is 11.3 Å². The average Bonchev–Trinajstić information content (AvgIpc) is 2.76. The maximum atomic E-state index is 3.72. The number of benzene rings is 1. The van der Waals surface area contributed by atoms with Gasteiger partial charge in [-0.3, -0.25) is 0 Å². The first-order valence-electron chi connectivity index (χ1n) is 6.42. The molecular formula is C17H17Br. The third-order valence-electron chi connectivity index (χ3n) is 4.24. The molecule has 1 heteroatoms. The Morgan fingerprint density at radius 2 is 1.89 bits per heavy atom. The maximum Gasteiger partial charge on any atom is 0.00987 e. The van der Waals surface area contributed by atoms with E-state index in [4.69, 9.17) is 0 Å². The van der Waals surface area contributed by atoms with Gasteiger partial charge in [0.15, 0.2) is 0 Å². The molecule has 0 saturated carbocycles. The summed E-state index contributed by atoms with van der Waals surface area (Å²) in [7, 11) is 0. The molecule has 2 unspecified atom stereocenters. The van der Waals surface area contributed by atoms with Crippen LogP contribution in [0.15, 0.2) is 53.1 Å². The van der Waals surface area contributed by atoms with E-state index in [-0.39, 0.29) is 5.41 Å². The van der Waals surface area contributed by atoms with E-state index in [1.54, 1.807) is 0 Å². The Morgan fingerprint density at radius 1 is 1.11 bits per heavy atom. The summed E-state index contributed by atoms with van der Waals surface area (Å²) in [5, 5.41) is 0. The van der Waals surface area contributed by atoms with Crippen LogP contribution in [-0.2, 0) is 0 Å². The van der Waals surface area contributed by atoms with Gasteiger partial charge < -0.3 is 0 Å². The van der Waals surface area contributed by atoms with Crippen molar-refractivity contribution >= 4 is 22.0 Å². The molecule has 0 bridgehead atoms. The van der Waals surface area contributed by atoms with Gasteiger partial charge in [-0.25, -0.2) is 0 Å². The highest BCUT2D eigenvalue weighted by atomic mass is 79.9. The van der Waals surface area contributed by atoms with Crippen LogP contribution in [0.5, 0.6) is 0 Å². The molecule has 1 aromatic carbocycles. The largest absolute Gasteiger partial charge is 0.0796 e. The normalized spacial score (nSPS) is 28.1. The molecule has 3 rings (SSSR count). The lowest BCUT2D eigenvalue weighted by Crippen LogP contribution is -2.28. The van der Waals surface area contributed by atoms with Gasteiger partial charge in [-0.1, -0.05) is 84.4 Å². The van der Waals surface area contributed by atoms with Crippen molar-refractivity contribution in [3.63, 3.8) is 0 Å². The summed E-state index contributed by atoms with van der Waals surface area (Å²) in [6.45, 7) is 4.63. The fourth-order valence-corrected chi connectivity index (χ4v) is 3.45. The quantitative estimate of drug-likeness (QED) is 0.661. The van der Waals surface area contributed by atoms with Crippen molar-refractivity contribution in [2.75, 3.05) is 0 Å². The van der Waals surface area contributed by atoms with Crippen LogP contribution < -0.4 is 0 Å². The van der Waals surface area contributed by atoms with E-state index in [0.717, 1.165) is 0 Å². The summed E-state index contributed by atoms with van der Waals surface area (Å²) in [5.41, 5.74) is 2.99. The number of fused-ring (bicyclic) bond motifs is 1. The van der Waals surface area contributed by atoms with Gasteiger partial charge in [0.25, 0.3) is 0 Å². The molecule has 0 radical (unpaired) electrons. The third kappa shape index (κ3) is 1.73. The summed E-state index contributed by atoms with van der Waals surface area (Å²) in [6.07, 6.45) is 11.3. The number of hydrogen-bond donors (Lipinski definition) is 0. The first-order valence-corrected chi connectivity index (χ1v) is 7.21. The minimum Gasteiger partial charge on any atom is -0.0796 e. The maximum absolute atomic E-state index is 3.72. The van der Waals surface area contributed by atoms with E-state index in [1.807, 2.05) is 0 Å². The van der Waals surface area contributed by atoms with Crippen LogP contribution in [0.4, 0.5) is 0 Å². The lowest BCUT2D eigenvalue weighted by atomic mass is 9.68. The Hall–Kier alpha value is -1.08. The molecule has 18 heavy (non-hydrogen) atoms. The molecule has 0 N–H and O–H groups in total. The first kappa shape index (κ1) is 12.0. The summed E-state index contributed by atoms with van der Waals surface area (Å²) < 4.78 is 1.29. The summed E-state index contributed by atoms with van der Waals surface area (Å²) >= 11 is 3.72. The zero-order chi connectivity index (χ0) is 12.8. The van der Waals surface area contributed by atoms with Gasteiger partial charge in [-0.15, -0.1) is 0 Å². The smallest absolute Gasteiger partial charge is 0.00987 e. The molecule has 0 heterocycles. The number of halogens is 1. The molecular weight excluding hydrogens is 284 g/mol. The predicted octanol–water partition coefficient (Wildman–Crippen LogP) is 5.29. The molecule has 2 aliphatic rings. The van der Waals surface area contributed by atoms with Gasteiger partial charge in [-0.05, 0) is 17.0 Å². The van der Waals surface area contributed by atoms with E-state index in [9.17, 15) is 0 Å². The second kappa shape index (κ2) is 4.24. The zero-order valence-electron chi connectivity index (χ0n) is 10.7. The molecule has 0 aliphatic heterocycles. The topological polar surface area (TPSA) is 0 Å². The highest BCUT2D eigenvalue weighted by molar-refractivity contribution is 9.11. The van der Waals surface area contributed by atoms with E-state index >= 15 is 0 Å². The highest BCUT2D eigenvalue weighted by Crippen LogP contribution is 2.50. The minimum atomic E-state index is 0.154. The monoisotopic (exact) mass is 300 g/mol. The van der Waals surface area contributed by atoms with Crippen molar-refractivity contribution in [2.45, 2.75) is 19.8 Å². The second-order valence-corrected chi connectivity index (χ2v) is 6.52. The van der Waals surface area contributed by atoms with E-state index in [0.29, 0.717) is 11.8 Å². The van der Waals surface area contributed by atoms with Crippen LogP contribution in [0, 0.1) is 11.3 Å². The van der Waals surface area contributed by atoms with Gasteiger partial charge in [0.1, 0.15) is 0 Å². The number of rotatable bonds is 1. The molecule has 0 nitrogen and oxygen atoms in total. The standard InChI is InChI=1S/C17H17Br/c1-17(2)15(8-5-9-16(17)18)14-11-10-12-6-3-4-7-13(12)14/h3-11,14-15H,1-2H3. The van der Waals surface area contributed by atoms with Gasteiger partial charge >= 0.3 is 0 Å². The molecule has 0 aromatic heterocycles. The van der Waals surface area contributed by atoms with Crippen LogP contribution in [0.25, 0.3) is 6.08 Å². The van der Waals surface area contributed by atoms with Crippen LogP contribution >= 0.6 is 15.9 Å². The van der Waals surface area contributed by atoms with Gasteiger partial charge in [0.2, 0.25) is 0 Å². The Kier molecular flexibility index (Phi) is 2.82. The molecule has 2 atom stereocenters. The van der Waals surface area contributed by atoms with Gasteiger partial charge in [-0.2, -0.15) is 0 Å². The molecule has 1 aromatic rings. The third-order valence-corrected chi connectivity index (χ3v) is 5.52. The van der Waals surface area contributed by atoms with E-state index in [2.05, 4.69) is 84.4 Å². The Bertz CT molecular complexity index is 561. The summed E-state index contributed by atoms with van der Waals surface area (Å²) in [5.74, 6) is 1.01. The van der Waals surface area contributed by atoms with Crippen molar-refractivity contribution < 1.29 is 0 Å². The fraction of sp³-hybridized carbons (Fsp3) is 0.294. The van der Waals surface area contributed by atoms with Crippen molar-refractivity contribution in [3.05, 3.63) is 64.2 Å². The molecule has 0 spiro atoms. The Labute approximate surface area is 117 Å². The number of allylic oxidation sites excluding steroid dienone is 5. The second-order valence-electron chi connectivity index (χ2n) is 5.66. The fourth-order valence-electron chi connectivity index (χ4n) is 3.03. The minimum absolute atomic E-state index is 0.154. The lowest BCUT2D eigenvalue weighted by molar-refractivity contribution is 0.311. The lowest BCUT2D eigenvalue weighted by Gasteiger charge is -2.38. The highest BCUT2D eigenvalue weighted by Gasteiger charge is 2.38. The Balaban J connectivity index is 2.01. The van der Waals surface area contributed by atoms with Crippen LogP contribution in [-0.4, -0.2) is 0 Å². The number of hydrogen-bond acceptors (Lipinski definition) is 0. The Morgan fingerprint density at radius 3 is 2.72 bits per heavy atom. The zero-order valence-corrected chi connectivity index (χ0v) is 12.3. The van der Waals surface area contributed by atoms with Crippen molar-refractivity contribution in [1.82, 2.24) is 0 Å². The summed E-state index contributed by atoms with van der Waals surface area (Å²) in [6, 6.07) is 8.72. The first-order chi connectivity index (χ1) is 8.60. The molecule has 0 amide bonds. The average molecular weight is 301 g/mol. The van der Waals surface area contributed by atoms with Gasteiger partial charge in [0, 0.05) is 15.8 Å². The predicted molar refractivity (Wildman–Crippen MR) is 81.6 cm³/mol. The van der Waals surface area contributed by atoms with Crippen LogP contribution in [0.3, 0.4) is 0 Å². The summed E-state index contributed by atoms with van der Waals surface area (Å²) in [4.78, 5) is 0. The molecule has 0 fully saturated rings. The van der Waals surface area contributed by atoms with Crippen LogP contribution in [0.1, 0.15) is 30.9 Å². The molecule has 0 saturated heterocycles. The van der Waals surface area contributed by atoms with Crippen molar-refractivity contribution in [3.8, 4) is 0 Å². The SMILES string of the molecule is CC1(C)C(Br)=CC=CC1C1C=Cc2ccccc21. The van der Waals surface area contributed by atoms with Gasteiger partial charge in [0.05, 0.1) is 0 Å².